The zero-order valence-electron chi connectivity index (χ0n) is 14.8. The number of amides is 1. The largest absolute Gasteiger partial charge is 0.486 e. The number of hydrogen-bond acceptors (Lipinski definition) is 6. The molecule has 0 saturated carbocycles. The van der Waals surface area contributed by atoms with Crippen LogP contribution in [0.4, 0.5) is 15.9 Å². The van der Waals surface area contributed by atoms with E-state index in [0.29, 0.717) is 42.8 Å². The fourth-order valence-corrected chi connectivity index (χ4v) is 2.66. The van der Waals surface area contributed by atoms with E-state index in [-0.39, 0.29) is 17.4 Å². The Hall–Kier alpha value is -3.68. The zero-order chi connectivity index (χ0) is 19.3. The number of nitrogens with one attached hydrogen (secondary N) is 2. The second-order valence-electron chi connectivity index (χ2n) is 6.10. The van der Waals surface area contributed by atoms with E-state index in [1.807, 2.05) is 0 Å². The molecule has 0 unspecified atom stereocenters. The Labute approximate surface area is 160 Å². The number of aromatic nitrogens is 2. The van der Waals surface area contributed by atoms with E-state index in [1.165, 1.54) is 12.1 Å². The quantitative estimate of drug-likeness (QED) is 0.707. The Kier molecular flexibility index (Phi) is 5.01. The molecule has 1 amide bonds. The van der Waals surface area contributed by atoms with Crippen LogP contribution in [0.15, 0.2) is 54.6 Å². The lowest BCUT2D eigenvalue weighted by atomic mass is 10.2. The lowest BCUT2D eigenvalue weighted by Crippen LogP contribution is -2.17. The minimum Gasteiger partial charge on any atom is -0.486 e. The van der Waals surface area contributed by atoms with Crippen LogP contribution < -0.4 is 20.1 Å². The summed E-state index contributed by atoms with van der Waals surface area (Å²) in [5.41, 5.74) is 1.67. The first-order valence-corrected chi connectivity index (χ1v) is 8.70. The molecule has 3 aromatic rings. The highest BCUT2D eigenvalue weighted by Gasteiger charge is 2.14. The first-order valence-electron chi connectivity index (χ1n) is 8.70. The van der Waals surface area contributed by atoms with Crippen LogP contribution in [0, 0.1) is 5.82 Å². The normalized spacial score (nSPS) is 12.3. The summed E-state index contributed by atoms with van der Waals surface area (Å²) < 4.78 is 23.9. The van der Waals surface area contributed by atoms with Crippen molar-refractivity contribution in [2.45, 2.75) is 6.54 Å². The van der Waals surface area contributed by atoms with Crippen molar-refractivity contribution in [1.82, 2.24) is 10.2 Å². The summed E-state index contributed by atoms with van der Waals surface area (Å²) in [6.45, 7) is 1.45. The Morgan fingerprint density at radius 3 is 2.50 bits per heavy atom. The maximum absolute atomic E-state index is 12.9. The van der Waals surface area contributed by atoms with Crippen molar-refractivity contribution in [3.8, 4) is 11.5 Å². The van der Waals surface area contributed by atoms with Crippen LogP contribution in [0.1, 0.15) is 16.1 Å². The molecule has 2 heterocycles. The number of anilines is 2. The van der Waals surface area contributed by atoms with Crippen molar-refractivity contribution in [3.05, 3.63) is 71.7 Å². The lowest BCUT2D eigenvalue weighted by Gasteiger charge is -2.18. The van der Waals surface area contributed by atoms with Gasteiger partial charge < -0.3 is 20.1 Å². The molecule has 28 heavy (non-hydrogen) atoms. The third-order valence-corrected chi connectivity index (χ3v) is 4.08. The highest BCUT2D eigenvalue weighted by atomic mass is 19.1. The molecule has 0 bridgehead atoms. The fraction of sp³-hybridized carbons (Fsp3) is 0.150. The Morgan fingerprint density at radius 1 is 0.964 bits per heavy atom. The standard InChI is InChI=1S/C20H17FN4O3/c21-14-3-1-13(2-4-14)12-22-19-8-6-16(24-25-19)20(26)23-15-5-7-17-18(11-15)28-10-9-27-17/h1-8,11H,9-10,12H2,(H,22,25)(H,23,26). The molecule has 7 nitrogen and oxygen atoms in total. The van der Waals surface area contributed by atoms with Crippen molar-refractivity contribution in [2.24, 2.45) is 0 Å². The fourth-order valence-electron chi connectivity index (χ4n) is 2.66. The van der Waals surface area contributed by atoms with E-state index in [0.717, 1.165) is 5.56 Å². The van der Waals surface area contributed by atoms with Gasteiger partial charge in [0.1, 0.15) is 24.8 Å². The van der Waals surface area contributed by atoms with Gasteiger partial charge in [-0.05, 0) is 42.0 Å². The molecule has 142 valence electrons. The summed E-state index contributed by atoms with van der Waals surface area (Å²) in [5, 5.41) is 13.8. The average Bonchev–Trinajstić information content (AvgIpc) is 2.73. The number of halogens is 1. The molecular formula is C20H17FN4O3. The minimum absolute atomic E-state index is 0.183. The van der Waals surface area contributed by atoms with Gasteiger partial charge in [0.15, 0.2) is 17.2 Å². The first kappa shape index (κ1) is 17.7. The second kappa shape index (κ2) is 7.91. The molecule has 8 heteroatoms. The molecule has 0 aliphatic carbocycles. The van der Waals surface area contributed by atoms with Crippen molar-refractivity contribution in [3.63, 3.8) is 0 Å². The third-order valence-electron chi connectivity index (χ3n) is 4.08. The monoisotopic (exact) mass is 380 g/mol. The van der Waals surface area contributed by atoms with Gasteiger partial charge in [-0.15, -0.1) is 10.2 Å². The first-order chi connectivity index (χ1) is 13.7. The van der Waals surface area contributed by atoms with Gasteiger partial charge in [0, 0.05) is 18.3 Å². The molecule has 2 N–H and O–H groups in total. The van der Waals surface area contributed by atoms with Crippen molar-refractivity contribution in [1.29, 1.82) is 0 Å². The molecule has 0 saturated heterocycles. The second-order valence-corrected chi connectivity index (χ2v) is 6.10. The van der Waals surface area contributed by atoms with Crippen LogP contribution >= 0.6 is 0 Å². The average molecular weight is 380 g/mol. The zero-order valence-corrected chi connectivity index (χ0v) is 14.8. The van der Waals surface area contributed by atoms with Crippen molar-refractivity contribution < 1.29 is 18.7 Å². The molecule has 1 aromatic heterocycles. The number of ether oxygens (including phenoxy) is 2. The smallest absolute Gasteiger partial charge is 0.276 e. The molecular weight excluding hydrogens is 363 g/mol. The van der Waals surface area contributed by atoms with E-state index in [9.17, 15) is 9.18 Å². The summed E-state index contributed by atoms with van der Waals surface area (Å²) in [7, 11) is 0. The summed E-state index contributed by atoms with van der Waals surface area (Å²) in [5.74, 6) is 1.10. The number of fused-ring (bicyclic) bond motifs is 1. The number of carbonyl (C=O) groups excluding carboxylic acids is 1. The summed E-state index contributed by atoms with van der Waals surface area (Å²) in [6.07, 6.45) is 0. The summed E-state index contributed by atoms with van der Waals surface area (Å²) in [6, 6.07) is 14.6. The number of carbonyl (C=O) groups is 1. The van der Waals surface area contributed by atoms with Crippen LogP contribution in [-0.2, 0) is 6.54 Å². The van der Waals surface area contributed by atoms with Gasteiger partial charge in [-0.2, -0.15) is 0 Å². The van der Waals surface area contributed by atoms with Crippen LogP contribution in [0.5, 0.6) is 11.5 Å². The van der Waals surface area contributed by atoms with Gasteiger partial charge in [-0.3, -0.25) is 4.79 Å². The van der Waals surface area contributed by atoms with E-state index >= 15 is 0 Å². The molecule has 4 rings (SSSR count). The molecule has 0 atom stereocenters. The maximum Gasteiger partial charge on any atom is 0.276 e. The molecule has 0 fully saturated rings. The molecule has 2 aromatic carbocycles. The predicted molar refractivity (Wildman–Crippen MR) is 101 cm³/mol. The van der Waals surface area contributed by atoms with Crippen molar-refractivity contribution in [2.75, 3.05) is 23.8 Å². The van der Waals surface area contributed by atoms with Crippen molar-refractivity contribution >= 4 is 17.4 Å². The summed E-state index contributed by atoms with van der Waals surface area (Å²) in [4.78, 5) is 12.4. The molecule has 0 spiro atoms. The minimum atomic E-state index is -0.380. The van der Waals surface area contributed by atoms with E-state index in [1.54, 1.807) is 42.5 Å². The number of nitrogens with zero attached hydrogens (tertiary/aromatic N) is 2. The van der Waals surface area contributed by atoms with Gasteiger partial charge in [0.05, 0.1) is 0 Å². The van der Waals surface area contributed by atoms with Crippen LogP contribution in [0.2, 0.25) is 0 Å². The Balaban J connectivity index is 1.36. The number of hydrogen-bond donors (Lipinski definition) is 2. The third kappa shape index (κ3) is 4.17. The maximum atomic E-state index is 12.9. The number of rotatable bonds is 5. The Bertz CT molecular complexity index is 978. The highest BCUT2D eigenvalue weighted by molar-refractivity contribution is 6.02. The van der Waals surface area contributed by atoms with Gasteiger partial charge >= 0.3 is 0 Å². The molecule has 1 aliphatic heterocycles. The molecule has 0 radical (unpaired) electrons. The van der Waals surface area contributed by atoms with Gasteiger partial charge in [0.25, 0.3) is 5.91 Å². The highest BCUT2D eigenvalue weighted by Crippen LogP contribution is 2.32. The lowest BCUT2D eigenvalue weighted by molar-refractivity contribution is 0.102. The topological polar surface area (TPSA) is 85.4 Å². The SMILES string of the molecule is O=C(Nc1ccc2c(c1)OCCO2)c1ccc(NCc2ccc(F)cc2)nn1. The van der Waals surface area contributed by atoms with Crippen LogP contribution in [0.3, 0.4) is 0 Å². The predicted octanol–water partition coefficient (Wildman–Crippen LogP) is 3.25. The van der Waals surface area contributed by atoms with E-state index < -0.39 is 0 Å². The Morgan fingerprint density at radius 2 is 1.75 bits per heavy atom. The summed E-state index contributed by atoms with van der Waals surface area (Å²) >= 11 is 0. The van der Waals surface area contributed by atoms with Gasteiger partial charge in [0.2, 0.25) is 0 Å². The number of benzene rings is 2. The molecule has 1 aliphatic rings. The van der Waals surface area contributed by atoms with Gasteiger partial charge in [-0.1, -0.05) is 12.1 Å². The van der Waals surface area contributed by atoms with Crippen LogP contribution in [-0.4, -0.2) is 29.3 Å². The van der Waals surface area contributed by atoms with Gasteiger partial charge in [-0.25, -0.2) is 4.39 Å². The van der Waals surface area contributed by atoms with E-state index in [4.69, 9.17) is 9.47 Å². The van der Waals surface area contributed by atoms with Crippen LogP contribution in [0.25, 0.3) is 0 Å². The van der Waals surface area contributed by atoms with E-state index in [2.05, 4.69) is 20.8 Å².